The smallest absolute Gasteiger partial charge is 0.188 e. The van der Waals surface area contributed by atoms with Gasteiger partial charge < -0.3 is 14.6 Å². The van der Waals surface area contributed by atoms with E-state index in [1.807, 2.05) is 0 Å². The molecule has 0 aliphatic heterocycles. The van der Waals surface area contributed by atoms with Crippen molar-refractivity contribution in [1.29, 1.82) is 0 Å². The molecule has 0 fully saturated rings. The molecule has 0 radical (unpaired) electrons. The molecule has 0 saturated carbocycles. The number of aromatic nitrogens is 4. The molecule has 7 nitrogen and oxygen atoms in total. The Morgan fingerprint density at radius 1 is 1.32 bits per heavy atom. The fourth-order valence-electron chi connectivity index (χ4n) is 2.40. The first-order chi connectivity index (χ1) is 12.1. The van der Waals surface area contributed by atoms with Gasteiger partial charge in [0.25, 0.3) is 0 Å². The number of aliphatic hydroxyl groups is 1. The Morgan fingerprint density at radius 2 is 2.16 bits per heavy atom. The number of benzene rings is 1. The van der Waals surface area contributed by atoms with E-state index in [9.17, 15) is 9.50 Å². The van der Waals surface area contributed by atoms with E-state index in [0.717, 1.165) is 0 Å². The molecule has 0 saturated heterocycles. The second-order valence-corrected chi connectivity index (χ2v) is 5.33. The quantitative estimate of drug-likeness (QED) is 0.690. The molecule has 3 rings (SSSR count). The normalized spacial score (nSPS) is 12.2. The van der Waals surface area contributed by atoms with Gasteiger partial charge in [-0.1, -0.05) is 11.3 Å². The van der Waals surface area contributed by atoms with Crippen molar-refractivity contribution < 1.29 is 19.0 Å². The van der Waals surface area contributed by atoms with Crippen LogP contribution < -0.4 is 4.74 Å². The summed E-state index contributed by atoms with van der Waals surface area (Å²) in [6, 6.07) is 7.90. The predicted octanol–water partition coefficient (Wildman–Crippen LogP) is 2.17. The summed E-state index contributed by atoms with van der Waals surface area (Å²) in [5.41, 5.74) is 2.05. The van der Waals surface area contributed by atoms with Crippen molar-refractivity contribution in [2.24, 2.45) is 0 Å². The highest BCUT2D eigenvalue weighted by atomic mass is 19.1. The summed E-state index contributed by atoms with van der Waals surface area (Å²) in [4.78, 5) is 3.98. The zero-order chi connectivity index (χ0) is 17.8. The van der Waals surface area contributed by atoms with E-state index in [1.165, 1.54) is 23.9 Å². The summed E-state index contributed by atoms with van der Waals surface area (Å²) in [6.07, 6.45) is 2.22. The van der Waals surface area contributed by atoms with Crippen LogP contribution in [0.15, 0.2) is 42.7 Å². The number of methoxy groups -OCH3 is 1. The molecule has 8 heteroatoms. The average Bonchev–Trinajstić information content (AvgIpc) is 3.02. The number of rotatable bonds is 6. The van der Waals surface area contributed by atoms with E-state index in [-0.39, 0.29) is 12.5 Å². The highest BCUT2D eigenvalue weighted by molar-refractivity contribution is 5.40. The van der Waals surface area contributed by atoms with E-state index < -0.39 is 11.9 Å². The van der Waals surface area contributed by atoms with Crippen LogP contribution in [0.5, 0.6) is 5.75 Å². The van der Waals surface area contributed by atoms with Crippen molar-refractivity contribution >= 4 is 0 Å². The molecule has 2 heterocycles. The first kappa shape index (κ1) is 17.0. The largest absolute Gasteiger partial charge is 0.464 e. The Kier molecular flexibility index (Phi) is 5.01. The number of halogens is 1. The maximum atomic E-state index is 14.1. The monoisotopic (exact) mass is 344 g/mol. The van der Waals surface area contributed by atoms with Crippen LogP contribution in [0.25, 0.3) is 5.69 Å². The van der Waals surface area contributed by atoms with Crippen LogP contribution in [-0.2, 0) is 4.74 Å². The third-order valence-corrected chi connectivity index (χ3v) is 3.68. The Bertz CT molecular complexity index is 854. The lowest BCUT2D eigenvalue weighted by Crippen LogP contribution is -2.05. The zero-order valence-electron chi connectivity index (χ0n) is 13.8. The molecule has 0 bridgehead atoms. The predicted molar refractivity (Wildman–Crippen MR) is 86.9 cm³/mol. The number of nitrogens with zero attached hydrogens (tertiary/aromatic N) is 4. The van der Waals surface area contributed by atoms with Gasteiger partial charge in [0.15, 0.2) is 18.4 Å². The van der Waals surface area contributed by atoms with Gasteiger partial charge in [0.2, 0.25) is 0 Å². The highest BCUT2D eigenvalue weighted by Crippen LogP contribution is 2.25. The summed E-state index contributed by atoms with van der Waals surface area (Å²) < 4.78 is 25.5. The molecule has 1 unspecified atom stereocenters. The molecular weight excluding hydrogens is 327 g/mol. The van der Waals surface area contributed by atoms with Crippen LogP contribution in [-0.4, -0.2) is 39.0 Å². The summed E-state index contributed by atoms with van der Waals surface area (Å²) in [6.45, 7) is 1.71. The van der Waals surface area contributed by atoms with Gasteiger partial charge in [-0.15, -0.1) is 5.10 Å². The Balaban J connectivity index is 1.90. The van der Waals surface area contributed by atoms with Crippen molar-refractivity contribution in [3.05, 3.63) is 65.5 Å². The summed E-state index contributed by atoms with van der Waals surface area (Å²) in [5, 5.41) is 18.5. The van der Waals surface area contributed by atoms with Gasteiger partial charge in [0.05, 0.1) is 11.4 Å². The molecule has 0 spiro atoms. The molecular formula is C17H17FN4O3. The van der Waals surface area contributed by atoms with Gasteiger partial charge in [-0.05, 0) is 25.1 Å². The lowest BCUT2D eigenvalue weighted by Gasteiger charge is -2.10. The fourth-order valence-corrected chi connectivity index (χ4v) is 2.40. The second-order valence-electron chi connectivity index (χ2n) is 5.33. The third-order valence-electron chi connectivity index (χ3n) is 3.68. The Morgan fingerprint density at radius 3 is 2.84 bits per heavy atom. The molecule has 130 valence electrons. The maximum absolute atomic E-state index is 14.1. The van der Waals surface area contributed by atoms with Gasteiger partial charge >= 0.3 is 0 Å². The number of hydrogen-bond acceptors (Lipinski definition) is 6. The summed E-state index contributed by atoms with van der Waals surface area (Å²) in [5.74, 6) is -0.460. The van der Waals surface area contributed by atoms with Crippen LogP contribution in [0.2, 0.25) is 0 Å². The molecule has 0 aliphatic rings. The van der Waals surface area contributed by atoms with Gasteiger partial charge in [0, 0.05) is 31.1 Å². The van der Waals surface area contributed by atoms with Gasteiger partial charge in [0.1, 0.15) is 11.8 Å². The second kappa shape index (κ2) is 7.37. The molecule has 1 N–H and O–H groups in total. The van der Waals surface area contributed by atoms with Crippen LogP contribution >= 0.6 is 0 Å². The number of ether oxygens (including phenoxy) is 2. The molecule has 1 aromatic carbocycles. The molecule has 3 aromatic rings. The van der Waals surface area contributed by atoms with Crippen molar-refractivity contribution in [2.45, 2.75) is 13.0 Å². The first-order valence-corrected chi connectivity index (χ1v) is 7.53. The maximum Gasteiger partial charge on any atom is 0.188 e. The highest BCUT2D eigenvalue weighted by Gasteiger charge is 2.20. The molecule has 25 heavy (non-hydrogen) atoms. The molecule has 1 atom stereocenters. The standard InChI is InChI=1S/C17H17FN4O3/c1-11-16(17(23)12-4-3-7-19-9-12)20-21-22(11)13-5-6-15(14(18)8-13)25-10-24-2/h3-9,17,23H,10H2,1-2H3. The van der Waals surface area contributed by atoms with Crippen LogP contribution in [0.1, 0.15) is 23.1 Å². The molecule has 2 aromatic heterocycles. The van der Waals surface area contributed by atoms with Crippen molar-refractivity contribution in [3.63, 3.8) is 0 Å². The van der Waals surface area contributed by atoms with Gasteiger partial charge in [-0.2, -0.15) is 0 Å². The summed E-state index contributed by atoms with van der Waals surface area (Å²) in [7, 11) is 1.46. The number of aliphatic hydroxyl groups excluding tert-OH is 1. The van der Waals surface area contributed by atoms with Crippen LogP contribution in [0, 0.1) is 12.7 Å². The molecule has 0 aliphatic carbocycles. The molecule has 0 amide bonds. The average molecular weight is 344 g/mol. The summed E-state index contributed by atoms with van der Waals surface area (Å²) >= 11 is 0. The van der Waals surface area contributed by atoms with E-state index >= 15 is 0 Å². The van der Waals surface area contributed by atoms with E-state index in [4.69, 9.17) is 9.47 Å². The van der Waals surface area contributed by atoms with Crippen molar-refractivity contribution in [3.8, 4) is 11.4 Å². The van der Waals surface area contributed by atoms with E-state index in [2.05, 4.69) is 15.3 Å². The SMILES string of the molecule is COCOc1ccc(-n2nnc(C(O)c3cccnc3)c2C)cc1F. The first-order valence-electron chi connectivity index (χ1n) is 7.53. The zero-order valence-corrected chi connectivity index (χ0v) is 13.8. The Hall–Kier alpha value is -2.84. The van der Waals surface area contributed by atoms with Crippen LogP contribution in [0.3, 0.4) is 0 Å². The van der Waals surface area contributed by atoms with Crippen LogP contribution in [0.4, 0.5) is 4.39 Å². The fraction of sp³-hybridized carbons (Fsp3) is 0.235. The van der Waals surface area contributed by atoms with Gasteiger partial charge in [-0.3, -0.25) is 4.98 Å². The minimum absolute atomic E-state index is 0.0416. The van der Waals surface area contributed by atoms with Crippen molar-refractivity contribution in [2.75, 3.05) is 13.9 Å². The lowest BCUT2D eigenvalue weighted by atomic mass is 10.1. The number of pyridine rings is 1. The van der Waals surface area contributed by atoms with Crippen molar-refractivity contribution in [1.82, 2.24) is 20.0 Å². The number of hydrogen-bond donors (Lipinski definition) is 1. The van der Waals surface area contributed by atoms with E-state index in [0.29, 0.717) is 22.6 Å². The minimum atomic E-state index is -0.961. The Labute approximate surface area is 143 Å². The lowest BCUT2D eigenvalue weighted by molar-refractivity contribution is 0.0483. The topological polar surface area (TPSA) is 82.3 Å². The minimum Gasteiger partial charge on any atom is -0.464 e. The third kappa shape index (κ3) is 3.49. The van der Waals surface area contributed by atoms with Gasteiger partial charge in [-0.25, -0.2) is 9.07 Å². The van der Waals surface area contributed by atoms with E-state index in [1.54, 1.807) is 37.5 Å².